The summed E-state index contributed by atoms with van der Waals surface area (Å²) in [7, 11) is -3.77. The predicted octanol–water partition coefficient (Wildman–Crippen LogP) is 2.42. The zero-order valence-electron chi connectivity index (χ0n) is 13.8. The van der Waals surface area contributed by atoms with Crippen LogP contribution >= 0.6 is 0 Å². The second-order valence-corrected chi connectivity index (χ2v) is 8.35. The molecule has 0 aromatic heterocycles. The van der Waals surface area contributed by atoms with E-state index >= 15 is 0 Å². The minimum absolute atomic E-state index is 0.140. The lowest BCUT2D eigenvalue weighted by atomic mass is 10.1. The van der Waals surface area contributed by atoms with Crippen LogP contribution < -0.4 is 10.0 Å². The Bertz CT molecular complexity index is 857. The summed E-state index contributed by atoms with van der Waals surface area (Å²) in [4.78, 5) is 12.5. The zero-order valence-corrected chi connectivity index (χ0v) is 14.6. The molecule has 1 fully saturated rings. The Morgan fingerprint density at radius 1 is 1.08 bits per heavy atom. The van der Waals surface area contributed by atoms with Crippen LogP contribution in [0.25, 0.3) is 10.8 Å². The third kappa shape index (κ3) is 3.76. The molecule has 1 atom stereocenters. The molecule has 0 saturated heterocycles. The second-order valence-electron chi connectivity index (χ2n) is 6.63. The lowest BCUT2D eigenvalue weighted by Crippen LogP contribution is -2.50. The van der Waals surface area contributed by atoms with Crippen molar-refractivity contribution in [1.82, 2.24) is 10.0 Å². The summed E-state index contributed by atoms with van der Waals surface area (Å²) in [5.74, 6) is -0.393. The summed E-state index contributed by atoms with van der Waals surface area (Å²) in [5.41, 5.74) is 0. The average molecular weight is 346 g/mol. The highest BCUT2D eigenvalue weighted by Crippen LogP contribution is 2.21. The van der Waals surface area contributed by atoms with E-state index in [4.69, 9.17) is 0 Å². The Kier molecular flexibility index (Phi) is 4.60. The maximum atomic E-state index is 12.7. The normalized spacial score (nSPS) is 16.3. The lowest BCUT2D eigenvalue weighted by Gasteiger charge is -2.21. The van der Waals surface area contributed by atoms with E-state index in [1.165, 1.54) is 0 Å². The van der Waals surface area contributed by atoms with Crippen molar-refractivity contribution in [3.8, 4) is 0 Å². The van der Waals surface area contributed by atoms with Crippen LogP contribution in [0, 0.1) is 5.92 Å². The monoisotopic (exact) mass is 346 g/mol. The Labute approximate surface area is 142 Å². The molecular weight excluding hydrogens is 324 g/mol. The van der Waals surface area contributed by atoms with Crippen LogP contribution in [-0.4, -0.2) is 26.4 Å². The van der Waals surface area contributed by atoms with Gasteiger partial charge in [-0.05, 0) is 41.7 Å². The molecule has 1 aliphatic rings. The van der Waals surface area contributed by atoms with Crippen LogP contribution in [0.1, 0.15) is 26.7 Å². The smallest absolute Gasteiger partial charge is 0.241 e. The summed E-state index contributed by atoms with van der Waals surface area (Å²) in [5, 5.41) is 4.70. The maximum absolute atomic E-state index is 12.7. The van der Waals surface area contributed by atoms with Crippen molar-refractivity contribution in [2.75, 3.05) is 0 Å². The molecule has 6 heteroatoms. The van der Waals surface area contributed by atoms with E-state index in [0.717, 1.165) is 23.6 Å². The van der Waals surface area contributed by atoms with Crippen molar-refractivity contribution in [2.45, 2.75) is 43.7 Å². The summed E-state index contributed by atoms with van der Waals surface area (Å²) < 4.78 is 28.0. The van der Waals surface area contributed by atoms with E-state index in [1.54, 1.807) is 18.2 Å². The first-order valence-corrected chi connectivity index (χ1v) is 9.66. The quantitative estimate of drug-likeness (QED) is 0.843. The number of carbonyl (C=O) groups is 1. The highest BCUT2D eigenvalue weighted by atomic mass is 32.2. The molecule has 2 aromatic rings. The van der Waals surface area contributed by atoms with Gasteiger partial charge in [-0.25, -0.2) is 8.42 Å². The van der Waals surface area contributed by atoms with Crippen molar-refractivity contribution in [3.05, 3.63) is 42.5 Å². The van der Waals surface area contributed by atoms with Gasteiger partial charge >= 0.3 is 0 Å². The number of nitrogens with one attached hydrogen (secondary N) is 2. The molecule has 2 aromatic carbocycles. The van der Waals surface area contributed by atoms with E-state index in [-0.39, 0.29) is 22.8 Å². The molecule has 1 amide bonds. The molecule has 0 heterocycles. The van der Waals surface area contributed by atoms with Gasteiger partial charge in [-0.3, -0.25) is 4.79 Å². The molecule has 0 aliphatic heterocycles. The number of rotatable bonds is 6. The van der Waals surface area contributed by atoms with Gasteiger partial charge in [-0.1, -0.05) is 44.2 Å². The van der Waals surface area contributed by atoms with Gasteiger partial charge in [0.15, 0.2) is 0 Å². The van der Waals surface area contributed by atoms with Crippen molar-refractivity contribution in [3.63, 3.8) is 0 Å². The lowest BCUT2D eigenvalue weighted by molar-refractivity contribution is -0.123. The Balaban J connectivity index is 1.85. The topological polar surface area (TPSA) is 75.3 Å². The largest absolute Gasteiger partial charge is 0.352 e. The number of amides is 1. The summed E-state index contributed by atoms with van der Waals surface area (Å²) in [6, 6.07) is 12.0. The van der Waals surface area contributed by atoms with Gasteiger partial charge < -0.3 is 5.32 Å². The van der Waals surface area contributed by atoms with Crippen LogP contribution in [0.5, 0.6) is 0 Å². The van der Waals surface area contributed by atoms with E-state index in [2.05, 4.69) is 10.0 Å². The van der Waals surface area contributed by atoms with Gasteiger partial charge in [-0.2, -0.15) is 4.72 Å². The third-order valence-electron chi connectivity index (χ3n) is 4.19. The van der Waals surface area contributed by atoms with E-state index in [0.29, 0.717) is 0 Å². The minimum Gasteiger partial charge on any atom is -0.352 e. The highest BCUT2D eigenvalue weighted by molar-refractivity contribution is 7.89. The molecule has 1 saturated carbocycles. The van der Waals surface area contributed by atoms with Crippen molar-refractivity contribution < 1.29 is 13.2 Å². The number of benzene rings is 2. The molecule has 1 aliphatic carbocycles. The Morgan fingerprint density at radius 2 is 1.75 bits per heavy atom. The van der Waals surface area contributed by atoms with Crippen LogP contribution in [0.2, 0.25) is 0 Å². The summed E-state index contributed by atoms with van der Waals surface area (Å²) >= 11 is 0. The van der Waals surface area contributed by atoms with E-state index in [1.807, 2.05) is 38.1 Å². The first-order chi connectivity index (χ1) is 11.4. The molecule has 5 nitrogen and oxygen atoms in total. The molecular formula is C18H22N2O3S. The van der Waals surface area contributed by atoms with Gasteiger partial charge in [0, 0.05) is 6.04 Å². The maximum Gasteiger partial charge on any atom is 0.241 e. The Hall–Kier alpha value is -1.92. The first-order valence-electron chi connectivity index (χ1n) is 8.18. The molecule has 24 heavy (non-hydrogen) atoms. The van der Waals surface area contributed by atoms with Gasteiger partial charge in [-0.15, -0.1) is 0 Å². The summed E-state index contributed by atoms with van der Waals surface area (Å²) in [6.07, 6.45) is 1.93. The SMILES string of the molecule is CC(C)[C@@H](NS(=O)(=O)c1ccc2ccccc2c1)C(=O)NC1CC1. The van der Waals surface area contributed by atoms with Gasteiger partial charge in [0.1, 0.15) is 6.04 Å². The van der Waals surface area contributed by atoms with Gasteiger partial charge in [0.05, 0.1) is 4.90 Å². The van der Waals surface area contributed by atoms with Crippen LogP contribution in [0.4, 0.5) is 0 Å². The average Bonchev–Trinajstić information content (AvgIpc) is 3.35. The number of hydrogen-bond donors (Lipinski definition) is 2. The summed E-state index contributed by atoms with van der Waals surface area (Å²) in [6.45, 7) is 3.67. The fourth-order valence-corrected chi connectivity index (χ4v) is 3.96. The standard InChI is InChI=1S/C18H22N2O3S/c1-12(2)17(18(21)19-15-8-9-15)20-24(22,23)16-10-7-13-5-3-4-6-14(13)11-16/h3-7,10-12,15,17,20H,8-9H2,1-2H3,(H,19,21)/t17-/m1/s1. The van der Waals surface area contributed by atoms with Crippen LogP contribution in [0.15, 0.2) is 47.4 Å². The van der Waals surface area contributed by atoms with Crippen molar-refractivity contribution >= 4 is 26.7 Å². The molecule has 0 radical (unpaired) electrons. The van der Waals surface area contributed by atoms with Crippen molar-refractivity contribution in [2.24, 2.45) is 5.92 Å². The minimum atomic E-state index is -3.77. The number of fused-ring (bicyclic) bond motifs is 1. The molecule has 3 rings (SSSR count). The molecule has 0 spiro atoms. The van der Waals surface area contributed by atoms with Crippen LogP contribution in [-0.2, 0) is 14.8 Å². The molecule has 2 N–H and O–H groups in total. The van der Waals surface area contributed by atoms with Crippen molar-refractivity contribution in [1.29, 1.82) is 0 Å². The third-order valence-corrected chi connectivity index (χ3v) is 5.62. The second kappa shape index (κ2) is 6.53. The Morgan fingerprint density at radius 3 is 2.38 bits per heavy atom. The molecule has 0 bridgehead atoms. The number of carbonyl (C=O) groups excluding carboxylic acids is 1. The first kappa shape index (κ1) is 16.9. The number of hydrogen-bond acceptors (Lipinski definition) is 3. The van der Waals surface area contributed by atoms with Gasteiger partial charge in [0.25, 0.3) is 0 Å². The fraction of sp³-hybridized carbons (Fsp3) is 0.389. The molecule has 128 valence electrons. The molecule has 0 unspecified atom stereocenters. The fourth-order valence-electron chi connectivity index (χ4n) is 2.58. The van der Waals surface area contributed by atoms with E-state index in [9.17, 15) is 13.2 Å². The van der Waals surface area contributed by atoms with Gasteiger partial charge in [0.2, 0.25) is 15.9 Å². The number of sulfonamides is 1. The highest BCUT2D eigenvalue weighted by Gasteiger charge is 2.32. The predicted molar refractivity (Wildman–Crippen MR) is 94.1 cm³/mol. The van der Waals surface area contributed by atoms with Crippen LogP contribution in [0.3, 0.4) is 0 Å². The van der Waals surface area contributed by atoms with E-state index < -0.39 is 16.1 Å². The zero-order chi connectivity index (χ0) is 17.3.